The summed E-state index contributed by atoms with van der Waals surface area (Å²) < 4.78 is 0. The van der Waals surface area contributed by atoms with Gasteiger partial charge in [0, 0.05) is 23.8 Å². The third-order valence-electron chi connectivity index (χ3n) is 5.73. The first-order valence-corrected chi connectivity index (χ1v) is 11.2. The second-order valence-electron chi connectivity index (χ2n) is 8.16. The number of anilines is 1. The fraction of sp³-hybridized carbons (Fsp3) is 0.667. The number of carbonyl (C=O) groups is 3. The normalized spacial score (nSPS) is 19.7. The molecule has 1 atom stereocenters. The van der Waals surface area contributed by atoms with Gasteiger partial charge in [0.25, 0.3) is 5.91 Å². The van der Waals surface area contributed by atoms with Crippen LogP contribution in [-0.4, -0.2) is 28.9 Å². The predicted molar refractivity (Wildman–Crippen MR) is 110 cm³/mol. The van der Waals surface area contributed by atoms with Crippen LogP contribution >= 0.6 is 11.3 Å². The molecule has 0 unspecified atom stereocenters. The van der Waals surface area contributed by atoms with Gasteiger partial charge in [-0.1, -0.05) is 26.2 Å². The van der Waals surface area contributed by atoms with Gasteiger partial charge < -0.3 is 15.7 Å². The van der Waals surface area contributed by atoms with E-state index >= 15 is 0 Å². The SMILES string of the molecule is C[C@H]1CCc2c(sc(NC(=O)CCCC(=O)O)c2C(=O)NC2CCCCC2)C1. The molecule has 28 heavy (non-hydrogen) atoms. The van der Waals surface area contributed by atoms with Crippen LogP contribution in [0.5, 0.6) is 0 Å². The molecule has 0 saturated heterocycles. The van der Waals surface area contributed by atoms with Crippen molar-refractivity contribution in [1.29, 1.82) is 0 Å². The number of carboxylic acids is 1. The number of hydrogen-bond acceptors (Lipinski definition) is 4. The van der Waals surface area contributed by atoms with E-state index in [1.54, 1.807) is 0 Å². The highest BCUT2D eigenvalue weighted by atomic mass is 32.1. The number of aliphatic carboxylic acids is 1. The van der Waals surface area contributed by atoms with Crippen LogP contribution in [0.25, 0.3) is 0 Å². The Balaban J connectivity index is 1.75. The van der Waals surface area contributed by atoms with Crippen LogP contribution in [0, 0.1) is 5.92 Å². The summed E-state index contributed by atoms with van der Waals surface area (Å²) in [4.78, 5) is 37.3. The van der Waals surface area contributed by atoms with E-state index in [0.29, 0.717) is 22.9 Å². The lowest BCUT2D eigenvalue weighted by Crippen LogP contribution is -2.37. The second-order valence-corrected chi connectivity index (χ2v) is 9.26. The molecular weight excluding hydrogens is 376 g/mol. The van der Waals surface area contributed by atoms with Crippen LogP contribution in [0.3, 0.4) is 0 Å². The average Bonchev–Trinajstić information content (AvgIpc) is 2.98. The van der Waals surface area contributed by atoms with E-state index < -0.39 is 5.97 Å². The Morgan fingerprint density at radius 2 is 1.86 bits per heavy atom. The van der Waals surface area contributed by atoms with E-state index in [1.165, 1.54) is 22.6 Å². The van der Waals surface area contributed by atoms with Crippen LogP contribution in [-0.2, 0) is 22.4 Å². The van der Waals surface area contributed by atoms with Gasteiger partial charge in [0.1, 0.15) is 5.00 Å². The molecule has 2 aliphatic rings. The molecule has 3 N–H and O–H groups in total. The summed E-state index contributed by atoms with van der Waals surface area (Å²) in [5, 5.41) is 15.5. The minimum absolute atomic E-state index is 0.0269. The molecule has 7 heteroatoms. The van der Waals surface area contributed by atoms with Gasteiger partial charge in [-0.15, -0.1) is 11.3 Å². The molecule has 1 heterocycles. The standard InChI is InChI=1S/C21H30N2O4S/c1-13-10-11-15-16(12-13)28-21(23-17(24)8-5-9-18(25)26)19(15)20(27)22-14-6-3-2-4-7-14/h13-14H,2-12H2,1H3,(H,22,27)(H,23,24)(H,25,26)/t13-/m0/s1. The smallest absolute Gasteiger partial charge is 0.303 e. The lowest BCUT2D eigenvalue weighted by molar-refractivity contribution is -0.137. The molecule has 0 aromatic carbocycles. The highest BCUT2D eigenvalue weighted by molar-refractivity contribution is 7.17. The van der Waals surface area contributed by atoms with Gasteiger partial charge in [-0.2, -0.15) is 0 Å². The van der Waals surface area contributed by atoms with Gasteiger partial charge in [0.05, 0.1) is 5.56 Å². The zero-order valence-corrected chi connectivity index (χ0v) is 17.3. The second kappa shape index (κ2) is 9.54. The molecule has 1 aromatic rings. The topological polar surface area (TPSA) is 95.5 Å². The molecule has 2 amide bonds. The van der Waals surface area contributed by atoms with Crippen molar-refractivity contribution < 1.29 is 19.5 Å². The predicted octanol–water partition coefficient (Wildman–Crippen LogP) is 4.13. The van der Waals surface area contributed by atoms with Crippen molar-refractivity contribution in [2.75, 3.05) is 5.32 Å². The van der Waals surface area contributed by atoms with Crippen molar-refractivity contribution in [3.05, 3.63) is 16.0 Å². The van der Waals surface area contributed by atoms with Gasteiger partial charge in [-0.25, -0.2) is 0 Å². The average molecular weight is 407 g/mol. The van der Waals surface area contributed by atoms with Crippen LogP contribution in [0.2, 0.25) is 0 Å². The highest BCUT2D eigenvalue weighted by Gasteiger charge is 2.29. The molecule has 2 aliphatic carbocycles. The Hall–Kier alpha value is -1.89. The van der Waals surface area contributed by atoms with Gasteiger partial charge in [0.15, 0.2) is 0 Å². The summed E-state index contributed by atoms with van der Waals surface area (Å²) in [5.41, 5.74) is 1.74. The third kappa shape index (κ3) is 5.34. The lowest BCUT2D eigenvalue weighted by Gasteiger charge is -2.24. The fourth-order valence-electron chi connectivity index (χ4n) is 4.17. The molecule has 3 rings (SSSR count). The summed E-state index contributed by atoms with van der Waals surface area (Å²) >= 11 is 1.52. The Morgan fingerprint density at radius 3 is 2.57 bits per heavy atom. The molecule has 0 bridgehead atoms. The van der Waals surface area contributed by atoms with E-state index in [-0.39, 0.29) is 30.7 Å². The van der Waals surface area contributed by atoms with E-state index in [0.717, 1.165) is 50.5 Å². The van der Waals surface area contributed by atoms with Crippen molar-refractivity contribution in [1.82, 2.24) is 5.32 Å². The monoisotopic (exact) mass is 406 g/mol. The van der Waals surface area contributed by atoms with Gasteiger partial charge in [0.2, 0.25) is 5.91 Å². The highest BCUT2D eigenvalue weighted by Crippen LogP contribution is 2.40. The maximum Gasteiger partial charge on any atom is 0.303 e. The van der Waals surface area contributed by atoms with Gasteiger partial charge >= 0.3 is 5.97 Å². The minimum atomic E-state index is -0.902. The summed E-state index contributed by atoms with van der Waals surface area (Å²) in [6.07, 6.45) is 8.86. The van der Waals surface area contributed by atoms with Crippen molar-refractivity contribution in [2.45, 2.75) is 83.6 Å². The van der Waals surface area contributed by atoms with Crippen molar-refractivity contribution >= 4 is 34.1 Å². The molecule has 6 nitrogen and oxygen atoms in total. The number of hydrogen-bond donors (Lipinski definition) is 3. The zero-order valence-electron chi connectivity index (χ0n) is 16.5. The zero-order chi connectivity index (χ0) is 20.1. The molecule has 1 aromatic heterocycles. The Kier molecular flexibility index (Phi) is 7.10. The number of carboxylic acid groups (broad SMARTS) is 1. The van der Waals surface area contributed by atoms with Crippen molar-refractivity contribution in [2.24, 2.45) is 5.92 Å². The first-order valence-electron chi connectivity index (χ1n) is 10.4. The molecule has 0 spiro atoms. The molecule has 154 valence electrons. The van der Waals surface area contributed by atoms with E-state index in [9.17, 15) is 14.4 Å². The third-order valence-corrected chi connectivity index (χ3v) is 6.90. The molecular formula is C21H30N2O4S. The summed E-state index contributed by atoms with van der Waals surface area (Å²) in [6, 6.07) is 0.221. The van der Waals surface area contributed by atoms with Crippen molar-refractivity contribution in [3.8, 4) is 0 Å². The summed E-state index contributed by atoms with van der Waals surface area (Å²) in [7, 11) is 0. The van der Waals surface area contributed by atoms with E-state index in [2.05, 4.69) is 17.6 Å². The quantitative estimate of drug-likeness (QED) is 0.634. The Labute approximate surface area is 170 Å². The van der Waals surface area contributed by atoms with Crippen molar-refractivity contribution in [3.63, 3.8) is 0 Å². The number of nitrogens with one attached hydrogen (secondary N) is 2. The van der Waals surface area contributed by atoms with Gasteiger partial charge in [-0.05, 0) is 50.0 Å². The Morgan fingerprint density at radius 1 is 1.11 bits per heavy atom. The maximum absolute atomic E-state index is 13.1. The van der Waals surface area contributed by atoms with Gasteiger partial charge in [-0.3, -0.25) is 14.4 Å². The van der Waals surface area contributed by atoms with Crippen LogP contribution in [0.15, 0.2) is 0 Å². The number of amides is 2. The summed E-state index contributed by atoms with van der Waals surface area (Å²) in [6.45, 7) is 2.22. The fourth-order valence-corrected chi connectivity index (χ4v) is 5.60. The number of fused-ring (bicyclic) bond motifs is 1. The van der Waals surface area contributed by atoms with E-state index in [4.69, 9.17) is 5.11 Å². The molecule has 1 saturated carbocycles. The maximum atomic E-state index is 13.1. The number of rotatable bonds is 7. The molecule has 1 fully saturated rings. The molecule has 0 radical (unpaired) electrons. The largest absolute Gasteiger partial charge is 0.481 e. The first kappa shape index (κ1) is 20.8. The first-order chi connectivity index (χ1) is 13.4. The summed E-state index contributed by atoms with van der Waals surface area (Å²) in [5.74, 6) is -0.611. The number of carbonyl (C=O) groups excluding carboxylic acids is 2. The number of thiophene rings is 1. The molecule has 0 aliphatic heterocycles. The Bertz CT molecular complexity index is 737. The van der Waals surface area contributed by atoms with E-state index in [1.807, 2.05) is 0 Å². The minimum Gasteiger partial charge on any atom is -0.481 e. The van der Waals surface area contributed by atoms with Crippen LogP contribution in [0.1, 0.15) is 85.5 Å². The lowest BCUT2D eigenvalue weighted by atomic mass is 9.88. The van der Waals surface area contributed by atoms with Crippen LogP contribution < -0.4 is 10.6 Å². The van der Waals surface area contributed by atoms with Crippen LogP contribution in [0.4, 0.5) is 5.00 Å².